The first kappa shape index (κ1) is 12.6. The first-order valence-electron chi connectivity index (χ1n) is 6.68. The molecule has 0 aromatic heterocycles. The van der Waals surface area contributed by atoms with Gasteiger partial charge in [-0.1, -0.05) is 36.8 Å². The summed E-state index contributed by atoms with van der Waals surface area (Å²) in [4.78, 5) is 2.55. The quantitative estimate of drug-likeness (QED) is 0.868. The molecule has 0 saturated carbocycles. The van der Waals surface area contributed by atoms with Crippen LogP contribution >= 0.6 is 0 Å². The Labute approximate surface area is 105 Å². The fourth-order valence-electron chi connectivity index (χ4n) is 2.74. The second-order valence-corrected chi connectivity index (χ2v) is 5.59. The molecule has 0 radical (unpaired) electrons. The second-order valence-electron chi connectivity index (χ2n) is 5.59. The molecule has 2 heteroatoms. The molecule has 0 unspecified atom stereocenters. The Hall–Kier alpha value is -0.860. The van der Waals surface area contributed by atoms with Gasteiger partial charge in [0.15, 0.2) is 0 Å². The van der Waals surface area contributed by atoms with Crippen LogP contribution in [0.1, 0.15) is 44.7 Å². The van der Waals surface area contributed by atoms with E-state index >= 15 is 0 Å². The predicted octanol–water partition coefficient (Wildman–Crippen LogP) is 2.95. The number of piperidine rings is 1. The van der Waals surface area contributed by atoms with Crippen molar-refractivity contribution in [1.29, 1.82) is 0 Å². The summed E-state index contributed by atoms with van der Waals surface area (Å²) in [6, 6.07) is 10.5. The number of rotatable bonds is 3. The third-order valence-corrected chi connectivity index (χ3v) is 4.09. The van der Waals surface area contributed by atoms with Crippen molar-refractivity contribution in [3.63, 3.8) is 0 Å². The van der Waals surface area contributed by atoms with Crippen molar-refractivity contribution in [3.05, 3.63) is 35.9 Å². The highest BCUT2D eigenvalue weighted by Gasteiger charge is 2.34. The van der Waals surface area contributed by atoms with Gasteiger partial charge in [-0.05, 0) is 45.3 Å². The lowest BCUT2D eigenvalue weighted by Gasteiger charge is -2.44. The van der Waals surface area contributed by atoms with E-state index < -0.39 is 0 Å². The van der Waals surface area contributed by atoms with Crippen LogP contribution in [-0.4, -0.2) is 23.5 Å². The predicted molar refractivity (Wildman–Crippen MR) is 72.9 cm³/mol. The summed E-state index contributed by atoms with van der Waals surface area (Å²) in [5.74, 6) is 0. The lowest BCUT2D eigenvalue weighted by atomic mass is 9.86. The highest BCUT2D eigenvalue weighted by atomic mass is 15.2. The van der Waals surface area contributed by atoms with Gasteiger partial charge in [0.05, 0.1) is 0 Å². The maximum absolute atomic E-state index is 6.46. The molecule has 94 valence electrons. The minimum atomic E-state index is 0.0434. The van der Waals surface area contributed by atoms with E-state index in [1.54, 1.807) is 0 Å². The van der Waals surface area contributed by atoms with Crippen molar-refractivity contribution < 1.29 is 0 Å². The van der Waals surface area contributed by atoms with Crippen LogP contribution in [0.3, 0.4) is 0 Å². The summed E-state index contributed by atoms with van der Waals surface area (Å²) >= 11 is 0. The molecule has 1 atom stereocenters. The number of hydrogen-bond acceptors (Lipinski definition) is 2. The molecule has 1 saturated heterocycles. The maximum Gasteiger partial charge on any atom is 0.0476 e. The molecule has 1 aliphatic heterocycles. The third kappa shape index (κ3) is 2.70. The van der Waals surface area contributed by atoms with Gasteiger partial charge in [0, 0.05) is 11.6 Å². The SMILES string of the molecule is CC(C)([C@H](N)c1ccccc1)N1CCCCC1. The van der Waals surface area contributed by atoms with Gasteiger partial charge in [-0.3, -0.25) is 4.90 Å². The number of benzene rings is 1. The van der Waals surface area contributed by atoms with Gasteiger partial charge >= 0.3 is 0 Å². The highest BCUT2D eigenvalue weighted by Crippen LogP contribution is 2.31. The zero-order valence-corrected chi connectivity index (χ0v) is 11.0. The molecule has 1 aromatic rings. The Morgan fingerprint density at radius 2 is 1.65 bits per heavy atom. The monoisotopic (exact) mass is 232 g/mol. The lowest BCUT2D eigenvalue weighted by Crippen LogP contribution is -2.53. The van der Waals surface area contributed by atoms with Crippen LogP contribution in [0.25, 0.3) is 0 Å². The van der Waals surface area contributed by atoms with Crippen molar-refractivity contribution in [3.8, 4) is 0 Å². The second kappa shape index (κ2) is 5.19. The standard InChI is InChI=1S/C15H24N2/c1-15(2,17-11-7-4-8-12-17)14(16)13-9-5-3-6-10-13/h3,5-6,9-10,14H,4,7-8,11-12,16H2,1-2H3/t14-/m1/s1. The number of nitrogens with zero attached hydrogens (tertiary/aromatic N) is 1. The van der Waals surface area contributed by atoms with E-state index in [1.807, 2.05) is 6.07 Å². The van der Waals surface area contributed by atoms with Crippen molar-refractivity contribution >= 4 is 0 Å². The van der Waals surface area contributed by atoms with Crippen molar-refractivity contribution in [1.82, 2.24) is 4.90 Å². The van der Waals surface area contributed by atoms with Gasteiger partial charge in [0.2, 0.25) is 0 Å². The molecule has 1 aromatic carbocycles. The zero-order valence-electron chi connectivity index (χ0n) is 11.0. The van der Waals surface area contributed by atoms with Crippen molar-refractivity contribution in [2.24, 2.45) is 5.73 Å². The molecule has 2 nitrogen and oxygen atoms in total. The van der Waals surface area contributed by atoms with Gasteiger partial charge < -0.3 is 5.73 Å². The topological polar surface area (TPSA) is 29.3 Å². The van der Waals surface area contributed by atoms with E-state index in [0.717, 1.165) is 0 Å². The highest BCUT2D eigenvalue weighted by molar-refractivity contribution is 5.22. The molecule has 0 aliphatic carbocycles. The van der Waals surface area contributed by atoms with Gasteiger partial charge in [0.1, 0.15) is 0 Å². The fraction of sp³-hybridized carbons (Fsp3) is 0.600. The van der Waals surface area contributed by atoms with Crippen LogP contribution in [0, 0.1) is 0 Å². The molecule has 1 heterocycles. The molecule has 17 heavy (non-hydrogen) atoms. The smallest absolute Gasteiger partial charge is 0.0476 e. The van der Waals surface area contributed by atoms with Gasteiger partial charge in [0.25, 0.3) is 0 Å². The van der Waals surface area contributed by atoms with Crippen molar-refractivity contribution in [2.45, 2.75) is 44.7 Å². The van der Waals surface area contributed by atoms with E-state index in [1.165, 1.54) is 37.9 Å². The Morgan fingerprint density at radius 3 is 2.24 bits per heavy atom. The summed E-state index contributed by atoms with van der Waals surface area (Å²) in [5, 5.41) is 0. The Bertz CT molecular complexity index is 339. The van der Waals surface area contributed by atoms with E-state index in [0.29, 0.717) is 0 Å². The van der Waals surface area contributed by atoms with Crippen LogP contribution < -0.4 is 5.73 Å². The molecule has 2 rings (SSSR count). The number of nitrogens with two attached hydrogens (primary N) is 1. The van der Waals surface area contributed by atoms with Gasteiger partial charge in [-0.15, -0.1) is 0 Å². The Balaban J connectivity index is 2.13. The number of hydrogen-bond donors (Lipinski definition) is 1. The van der Waals surface area contributed by atoms with Gasteiger partial charge in [-0.25, -0.2) is 0 Å². The Morgan fingerprint density at radius 1 is 1.06 bits per heavy atom. The minimum absolute atomic E-state index is 0.0434. The lowest BCUT2D eigenvalue weighted by molar-refractivity contribution is 0.0730. The van der Waals surface area contributed by atoms with E-state index in [2.05, 4.69) is 43.0 Å². The molecule has 0 amide bonds. The zero-order chi connectivity index (χ0) is 12.3. The van der Waals surface area contributed by atoms with Crippen LogP contribution in [0.15, 0.2) is 30.3 Å². The first-order chi connectivity index (χ1) is 8.12. The molecule has 0 bridgehead atoms. The summed E-state index contributed by atoms with van der Waals surface area (Å²) in [5.41, 5.74) is 7.74. The molecule has 1 aliphatic rings. The molecule has 0 spiro atoms. The summed E-state index contributed by atoms with van der Waals surface area (Å²) < 4.78 is 0. The van der Waals surface area contributed by atoms with Gasteiger partial charge in [-0.2, -0.15) is 0 Å². The third-order valence-electron chi connectivity index (χ3n) is 4.09. The van der Waals surface area contributed by atoms with Crippen LogP contribution in [0.4, 0.5) is 0 Å². The van der Waals surface area contributed by atoms with Crippen molar-refractivity contribution in [2.75, 3.05) is 13.1 Å². The number of likely N-dealkylation sites (tertiary alicyclic amines) is 1. The van der Waals surface area contributed by atoms with E-state index in [4.69, 9.17) is 5.73 Å². The summed E-state index contributed by atoms with van der Waals surface area (Å²) in [6.07, 6.45) is 3.99. The van der Waals surface area contributed by atoms with Crippen LogP contribution in [-0.2, 0) is 0 Å². The molecule has 1 fully saturated rings. The summed E-state index contributed by atoms with van der Waals surface area (Å²) in [7, 11) is 0. The first-order valence-corrected chi connectivity index (χ1v) is 6.68. The molecule has 2 N–H and O–H groups in total. The van der Waals surface area contributed by atoms with E-state index in [-0.39, 0.29) is 11.6 Å². The van der Waals surface area contributed by atoms with Crippen LogP contribution in [0.2, 0.25) is 0 Å². The molecular formula is C15H24N2. The average molecular weight is 232 g/mol. The maximum atomic E-state index is 6.46. The largest absolute Gasteiger partial charge is 0.322 e. The minimum Gasteiger partial charge on any atom is -0.322 e. The average Bonchev–Trinajstić information content (AvgIpc) is 2.40. The summed E-state index contributed by atoms with van der Waals surface area (Å²) in [6.45, 7) is 6.92. The normalized spacial score (nSPS) is 20.2. The molecular weight excluding hydrogens is 208 g/mol. The Kier molecular flexibility index (Phi) is 3.85. The van der Waals surface area contributed by atoms with E-state index in [9.17, 15) is 0 Å². The van der Waals surface area contributed by atoms with Crippen LogP contribution in [0.5, 0.6) is 0 Å². The fourth-order valence-corrected chi connectivity index (χ4v) is 2.74.